The fourth-order valence-electron chi connectivity index (χ4n) is 2.01. The number of aromatic nitrogens is 1. The summed E-state index contributed by atoms with van der Waals surface area (Å²) in [6.45, 7) is 5.20. The molecule has 1 N–H and O–H groups in total. The summed E-state index contributed by atoms with van der Waals surface area (Å²) in [5.74, 6) is 0.326. The smallest absolute Gasteiger partial charge is 0.125 e. The van der Waals surface area contributed by atoms with E-state index in [-0.39, 0.29) is 5.82 Å². The van der Waals surface area contributed by atoms with Gasteiger partial charge in [-0.2, -0.15) is 0 Å². The lowest BCUT2D eigenvalue weighted by Crippen LogP contribution is -2.07. The normalized spacial score (nSPS) is 11.3. The number of rotatable bonds is 5. The maximum absolute atomic E-state index is 13.2. The average Bonchev–Trinajstić information content (AvgIpc) is 2.72. The Labute approximate surface area is 131 Å². The lowest BCUT2D eigenvalue weighted by atomic mass is 10.1. The Morgan fingerprint density at radius 2 is 2.15 bits per heavy atom. The van der Waals surface area contributed by atoms with Gasteiger partial charge in [0.1, 0.15) is 10.8 Å². The summed E-state index contributed by atoms with van der Waals surface area (Å²) in [5.41, 5.74) is 2.09. The molecule has 0 radical (unpaired) electrons. The van der Waals surface area contributed by atoms with Crippen molar-refractivity contribution in [3.05, 3.63) is 39.1 Å². The molecule has 2 aromatic rings. The van der Waals surface area contributed by atoms with Gasteiger partial charge in [-0.15, -0.1) is 11.3 Å². The SMILES string of the molecule is CNCc1sc(-c2ccc(F)cc2Br)nc1CC(C)C. The van der Waals surface area contributed by atoms with Crippen LogP contribution in [0.3, 0.4) is 0 Å². The number of nitrogens with zero attached hydrogens (tertiary/aromatic N) is 1. The molecule has 1 aromatic heterocycles. The quantitative estimate of drug-likeness (QED) is 0.844. The highest BCUT2D eigenvalue weighted by Gasteiger charge is 2.15. The Bertz CT molecular complexity index is 596. The monoisotopic (exact) mass is 356 g/mol. The van der Waals surface area contributed by atoms with E-state index in [0.717, 1.165) is 33.7 Å². The lowest BCUT2D eigenvalue weighted by Gasteiger charge is -2.04. The molecule has 2 nitrogen and oxygen atoms in total. The average molecular weight is 357 g/mol. The third-order valence-corrected chi connectivity index (χ3v) is 4.67. The van der Waals surface area contributed by atoms with Gasteiger partial charge in [0.15, 0.2) is 0 Å². The number of nitrogens with one attached hydrogen (secondary N) is 1. The summed E-state index contributed by atoms with van der Waals surface area (Å²) >= 11 is 5.09. The van der Waals surface area contributed by atoms with Crippen molar-refractivity contribution >= 4 is 27.3 Å². The van der Waals surface area contributed by atoms with Gasteiger partial charge in [0.25, 0.3) is 0 Å². The Balaban J connectivity index is 2.41. The Hall–Kier alpha value is -0.780. The summed E-state index contributed by atoms with van der Waals surface area (Å²) < 4.78 is 13.9. The van der Waals surface area contributed by atoms with Gasteiger partial charge in [-0.05, 0) is 53.5 Å². The Morgan fingerprint density at radius 3 is 2.75 bits per heavy atom. The number of benzene rings is 1. The number of thiazole rings is 1. The number of hydrogen-bond acceptors (Lipinski definition) is 3. The first-order chi connectivity index (χ1) is 9.51. The molecule has 0 unspecified atom stereocenters. The van der Waals surface area contributed by atoms with E-state index in [1.165, 1.54) is 17.0 Å². The van der Waals surface area contributed by atoms with Crippen molar-refractivity contribution in [2.24, 2.45) is 5.92 Å². The summed E-state index contributed by atoms with van der Waals surface area (Å²) in [6, 6.07) is 4.73. The van der Waals surface area contributed by atoms with E-state index in [4.69, 9.17) is 4.98 Å². The van der Waals surface area contributed by atoms with Gasteiger partial charge >= 0.3 is 0 Å². The van der Waals surface area contributed by atoms with Crippen LogP contribution in [-0.2, 0) is 13.0 Å². The van der Waals surface area contributed by atoms with E-state index < -0.39 is 0 Å². The zero-order valence-electron chi connectivity index (χ0n) is 11.8. The molecule has 2 rings (SSSR count). The molecule has 0 aliphatic heterocycles. The minimum atomic E-state index is -0.241. The van der Waals surface area contributed by atoms with E-state index >= 15 is 0 Å². The molecule has 0 amide bonds. The largest absolute Gasteiger partial charge is 0.315 e. The highest BCUT2D eigenvalue weighted by molar-refractivity contribution is 9.10. The molecular formula is C15H18BrFN2S. The lowest BCUT2D eigenvalue weighted by molar-refractivity contribution is 0.627. The molecule has 0 spiro atoms. The van der Waals surface area contributed by atoms with E-state index in [1.54, 1.807) is 17.4 Å². The topological polar surface area (TPSA) is 24.9 Å². The van der Waals surface area contributed by atoms with Crippen molar-refractivity contribution in [1.29, 1.82) is 0 Å². The molecule has 108 valence electrons. The van der Waals surface area contributed by atoms with Crippen molar-refractivity contribution in [2.75, 3.05) is 7.05 Å². The van der Waals surface area contributed by atoms with Crippen LogP contribution in [0.5, 0.6) is 0 Å². The van der Waals surface area contributed by atoms with Crippen LogP contribution in [0.2, 0.25) is 0 Å². The molecule has 5 heteroatoms. The van der Waals surface area contributed by atoms with Crippen molar-refractivity contribution in [3.63, 3.8) is 0 Å². The first-order valence-electron chi connectivity index (χ1n) is 6.60. The summed E-state index contributed by atoms with van der Waals surface area (Å²) in [5, 5.41) is 4.13. The fourth-order valence-corrected chi connectivity index (χ4v) is 3.82. The second-order valence-electron chi connectivity index (χ2n) is 5.14. The van der Waals surface area contributed by atoms with Gasteiger partial charge in [-0.25, -0.2) is 9.37 Å². The van der Waals surface area contributed by atoms with Crippen LogP contribution in [0, 0.1) is 11.7 Å². The van der Waals surface area contributed by atoms with Crippen LogP contribution in [0.1, 0.15) is 24.4 Å². The van der Waals surface area contributed by atoms with Crippen molar-refractivity contribution in [3.8, 4) is 10.6 Å². The van der Waals surface area contributed by atoms with Crippen LogP contribution in [0.15, 0.2) is 22.7 Å². The molecule has 0 saturated carbocycles. The minimum absolute atomic E-state index is 0.241. The van der Waals surface area contributed by atoms with Gasteiger partial charge in [-0.1, -0.05) is 13.8 Å². The molecule has 0 bridgehead atoms. The predicted octanol–water partition coefficient (Wildman–Crippen LogP) is 4.63. The molecule has 0 fully saturated rings. The van der Waals surface area contributed by atoms with Crippen LogP contribution in [0.25, 0.3) is 10.6 Å². The second-order valence-corrected chi connectivity index (χ2v) is 7.08. The van der Waals surface area contributed by atoms with Gasteiger partial charge in [-0.3, -0.25) is 0 Å². The molecule has 0 atom stereocenters. The maximum Gasteiger partial charge on any atom is 0.125 e. The Kier molecular flexibility index (Phi) is 5.29. The third-order valence-electron chi connectivity index (χ3n) is 2.88. The molecule has 0 aliphatic carbocycles. The highest BCUT2D eigenvalue weighted by atomic mass is 79.9. The van der Waals surface area contributed by atoms with Crippen molar-refractivity contribution in [1.82, 2.24) is 10.3 Å². The molecular weight excluding hydrogens is 339 g/mol. The third kappa shape index (κ3) is 3.65. The predicted molar refractivity (Wildman–Crippen MR) is 86.5 cm³/mol. The zero-order valence-corrected chi connectivity index (χ0v) is 14.2. The summed E-state index contributed by atoms with van der Waals surface area (Å²) in [6.07, 6.45) is 0.965. The number of halogens is 2. The highest BCUT2D eigenvalue weighted by Crippen LogP contribution is 2.34. The minimum Gasteiger partial charge on any atom is -0.315 e. The summed E-state index contributed by atoms with van der Waals surface area (Å²) in [7, 11) is 1.94. The Morgan fingerprint density at radius 1 is 1.40 bits per heavy atom. The van der Waals surface area contributed by atoms with Crippen molar-refractivity contribution < 1.29 is 4.39 Å². The van der Waals surface area contributed by atoms with E-state index in [9.17, 15) is 4.39 Å². The van der Waals surface area contributed by atoms with Crippen molar-refractivity contribution in [2.45, 2.75) is 26.8 Å². The first-order valence-corrected chi connectivity index (χ1v) is 8.20. The molecule has 0 saturated heterocycles. The molecule has 0 aliphatic rings. The van der Waals surface area contributed by atoms with E-state index in [0.29, 0.717) is 5.92 Å². The summed E-state index contributed by atoms with van der Waals surface area (Å²) in [4.78, 5) is 6.01. The van der Waals surface area contributed by atoms with Gasteiger partial charge in [0, 0.05) is 21.5 Å². The molecule has 20 heavy (non-hydrogen) atoms. The van der Waals surface area contributed by atoms with E-state index in [1.807, 2.05) is 7.05 Å². The van der Waals surface area contributed by atoms with Crippen LogP contribution in [0.4, 0.5) is 4.39 Å². The standard InChI is InChI=1S/C15H18BrFN2S/c1-9(2)6-13-14(8-18-3)20-15(19-13)11-5-4-10(17)7-12(11)16/h4-5,7,9,18H,6,8H2,1-3H3. The van der Waals surface area contributed by atoms with Gasteiger partial charge < -0.3 is 5.32 Å². The fraction of sp³-hybridized carbons (Fsp3) is 0.400. The zero-order chi connectivity index (χ0) is 14.7. The van der Waals surface area contributed by atoms with Crippen LogP contribution < -0.4 is 5.32 Å². The van der Waals surface area contributed by atoms with Gasteiger partial charge in [0.05, 0.1) is 5.69 Å². The maximum atomic E-state index is 13.2. The van der Waals surface area contributed by atoms with Gasteiger partial charge in [0.2, 0.25) is 0 Å². The molecule has 1 heterocycles. The number of hydrogen-bond donors (Lipinski definition) is 1. The molecule has 1 aromatic carbocycles. The first kappa shape index (κ1) is 15.6. The van der Waals surface area contributed by atoms with Crippen LogP contribution in [-0.4, -0.2) is 12.0 Å². The second kappa shape index (κ2) is 6.78. The van der Waals surface area contributed by atoms with E-state index in [2.05, 4.69) is 35.1 Å². The van der Waals surface area contributed by atoms with Crippen LogP contribution >= 0.6 is 27.3 Å².